The van der Waals surface area contributed by atoms with Crippen LogP contribution < -0.4 is 5.32 Å². The van der Waals surface area contributed by atoms with E-state index in [0.29, 0.717) is 12.3 Å². The monoisotopic (exact) mass is 201 g/mol. The molecular formula is C11H23NO2. The second-order valence-electron chi connectivity index (χ2n) is 3.98. The van der Waals surface area contributed by atoms with Crippen molar-refractivity contribution in [3.63, 3.8) is 0 Å². The Morgan fingerprint density at radius 2 is 1.86 bits per heavy atom. The fraction of sp³-hybridized carbons (Fsp3) is 0.909. The van der Waals surface area contributed by atoms with Crippen LogP contribution in [0.1, 0.15) is 46.5 Å². The molecule has 0 aliphatic rings. The summed E-state index contributed by atoms with van der Waals surface area (Å²) in [7, 11) is 0. The standard InChI is InChI=1S/C11H23NO2/c1-4-6-9(3)8-12-10(7-5-2)11(13)14/h9-10,12H,4-8H2,1-3H3,(H,13,14). The van der Waals surface area contributed by atoms with Gasteiger partial charge in [0, 0.05) is 0 Å². The minimum Gasteiger partial charge on any atom is -0.480 e. The largest absolute Gasteiger partial charge is 0.480 e. The highest BCUT2D eigenvalue weighted by molar-refractivity contribution is 5.73. The highest BCUT2D eigenvalue weighted by Gasteiger charge is 2.15. The van der Waals surface area contributed by atoms with Crippen LogP contribution in [0.3, 0.4) is 0 Å². The molecule has 2 unspecified atom stereocenters. The third kappa shape index (κ3) is 5.97. The van der Waals surface area contributed by atoms with Gasteiger partial charge in [0.25, 0.3) is 0 Å². The van der Waals surface area contributed by atoms with E-state index in [4.69, 9.17) is 5.11 Å². The lowest BCUT2D eigenvalue weighted by atomic mass is 10.1. The second kappa shape index (κ2) is 7.80. The van der Waals surface area contributed by atoms with Gasteiger partial charge in [-0.3, -0.25) is 4.79 Å². The third-order valence-corrected chi connectivity index (χ3v) is 2.37. The summed E-state index contributed by atoms with van der Waals surface area (Å²) in [5.74, 6) is -0.158. The number of hydrogen-bond acceptors (Lipinski definition) is 2. The van der Waals surface area contributed by atoms with E-state index in [0.717, 1.165) is 25.8 Å². The molecule has 0 aromatic carbocycles. The van der Waals surface area contributed by atoms with E-state index in [2.05, 4.69) is 19.2 Å². The van der Waals surface area contributed by atoms with Crippen LogP contribution in [0.4, 0.5) is 0 Å². The van der Waals surface area contributed by atoms with Crippen molar-refractivity contribution in [2.24, 2.45) is 5.92 Å². The highest BCUT2D eigenvalue weighted by atomic mass is 16.4. The van der Waals surface area contributed by atoms with Crippen LogP contribution in [0.5, 0.6) is 0 Å². The molecule has 0 bridgehead atoms. The quantitative estimate of drug-likeness (QED) is 0.633. The maximum atomic E-state index is 10.8. The number of aliphatic carboxylic acids is 1. The van der Waals surface area contributed by atoms with Gasteiger partial charge in [0.05, 0.1) is 0 Å². The first-order chi connectivity index (χ1) is 6.61. The van der Waals surface area contributed by atoms with Gasteiger partial charge in [-0.05, 0) is 25.3 Å². The van der Waals surface area contributed by atoms with Crippen LogP contribution in [0.15, 0.2) is 0 Å². The summed E-state index contributed by atoms with van der Waals surface area (Å²) < 4.78 is 0. The molecule has 3 nitrogen and oxygen atoms in total. The summed E-state index contributed by atoms with van der Waals surface area (Å²) in [4.78, 5) is 10.8. The molecule has 0 spiro atoms. The highest BCUT2D eigenvalue weighted by Crippen LogP contribution is 2.04. The van der Waals surface area contributed by atoms with Gasteiger partial charge in [-0.1, -0.05) is 33.6 Å². The van der Waals surface area contributed by atoms with Crippen LogP contribution in [-0.2, 0) is 4.79 Å². The molecule has 0 amide bonds. The number of hydrogen-bond donors (Lipinski definition) is 2. The smallest absolute Gasteiger partial charge is 0.320 e. The Bertz CT molecular complexity index is 159. The van der Waals surface area contributed by atoms with Gasteiger partial charge in [-0.25, -0.2) is 0 Å². The Labute approximate surface area is 86.9 Å². The third-order valence-electron chi connectivity index (χ3n) is 2.37. The maximum absolute atomic E-state index is 10.8. The van der Waals surface area contributed by atoms with Crippen molar-refractivity contribution in [2.75, 3.05) is 6.54 Å². The molecule has 0 heterocycles. The molecule has 0 saturated carbocycles. The summed E-state index contributed by atoms with van der Waals surface area (Å²) in [6.45, 7) is 7.12. The Balaban J connectivity index is 3.75. The van der Waals surface area contributed by atoms with Crippen molar-refractivity contribution in [1.29, 1.82) is 0 Å². The first kappa shape index (κ1) is 13.4. The lowest BCUT2D eigenvalue weighted by Crippen LogP contribution is -2.38. The van der Waals surface area contributed by atoms with E-state index in [9.17, 15) is 4.79 Å². The Kier molecular flexibility index (Phi) is 7.48. The van der Waals surface area contributed by atoms with Crippen LogP contribution in [0.2, 0.25) is 0 Å². The van der Waals surface area contributed by atoms with Crippen LogP contribution in [0.25, 0.3) is 0 Å². The van der Waals surface area contributed by atoms with E-state index in [1.54, 1.807) is 0 Å². The molecule has 2 N–H and O–H groups in total. The molecule has 0 aliphatic heterocycles. The zero-order chi connectivity index (χ0) is 11.0. The molecule has 84 valence electrons. The van der Waals surface area contributed by atoms with Crippen molar-refractivity contribution < 1.29 is 9.90 Å². The summed E-state index contributed by atoms with van der Waals surface area (Å²) in [6, 6.07) is -0.362. The Morgan fingerprint density at radius 3 is 2.29 bits per heavy atom. The molecular weight excluding hydrogens is 178 g/mol. The Morgan fingerprint density at radius 1 is 1.29 bits per heavy atom. The average molecular weight is 201 g/mol. The van der Waals surface area contributed by atoms with Crippen LogP contribution >= 0.6 is 0 Å². The van der Waals surface area contributed by atoms with Crippen molar-refractivity contribution in [3.8, 4) is 0 Å². The van der Waals surface area contributed by atoms with Crippen molar-refractivity contribution in [1.82, 2.24) is 5.32 Å². The van der Waals surface area contributed by atoms with Crippen LogP contribution in [0, 0.1) is 5.92 Å². The molecule has 14 heavy (non-hydrogen) atoms. The molecule has 0 saturated heterocycles. The minimum absolute atomic E-state index is 0.362. The van der Waals surface area contributed by atoms with Gasteiger partial charge in [-0.2, -0.15) is 0 Å². The fourth-order valence-electron chi connectivity index (χ4n) is 1.54. The fourth-order valence-corrected chi connectivity index (χ4v) is 1.54. The molecule has 0 aliphatic carbocycles. The van der Waals surface area contributed by atoms with Crippen molar-refractivity contribution in [2.45, 2.75) is 52.5 Å². The van der Waals surface area contributed by atoms with E-state index in [1.807, 2.05) is 6.92 Å². The van der Waals surface area contributed by atoms with Gasteiger partial charge >= 0.3 is 5.97 Å². The summed E-state index contributed by atoms with van der Waals surface area (Å²) in [6.07, 6.45) is 3.94. The summed E-state index contributed by atoms with van der Waals surface area (Å²) in [5.41, 5.74) is 0. The second-order valence-corrected chi connectivity index (χ2v) is 3.98. The molecule has 0 aromatic heterocycles. The number of nitrogens with one attached hydrogen (secondary N) is 1. The van der Waals surface area contributed by atoms with Gasteiger partial charge in [0.1, 0.15) is 6.04 Å². The number of carboxylic acid groups (broad SMARTS) is 1. The van der Waals surface area contributed by atoms with Gasteiger partial charge in [0.15, 0.2) is 0 Å². The number of carboxylic acids is 1. The first-order valence-electron chi connectivity index (χ1n) is 5.57. The SMILES string of the molecule is CCCC(C)CNC(CCC)C(=O)O. The van der Waals surface area contributed by atoms with E-state index in [-0.39, 0.29) is 6.04 Å². The lowest BCUT2D eigenvalue weighted by Gasteiger charge is -2.16. The van der Waals surface area contributed by atoms with E-state index >= 15 is 0 Å². The van der Waals surface area contributed by atoms with E-state index < -0.39 is 5.97 Å². The average Bonchev–Trinajstić information content (AvgIpc) is 2.12. The number of rotatable bonds is 8. The lowest BCUT2D eigenvalue weighted by molar-refractivity contribution is -0.139. The zero-order valence-electron chi connectivity index (χ0n) is 9.55. The molecule has 0 radical (unpaired) electrons. The van der Waals surface area contributed by atoms with Gasteiger partial charge < -0.3 is 10.4 Å². The predicted octanol–water partition coefficient (Wildman–Crippen LogP) is 2.27. The molecule has 3 heteroatoms. The normalized spacial score (nSPS) is 15.1. The number of carbonyl (C=O) groups is 1. The molecule has 0 rings (SSSR count). The molecule has 0 fully saturated rings. The first-order valence-corrected chi connectivity index (χ1v) is 5.57. The predicted molar refractivity (Wildman–Crippen MR) is 58.4 cm³/mol. The molecule has 0 aromatic rings. The van der Waals surface area contributed by atoms with Gasteiger partial charge in [-0.15, -0.1) is 0 Å². The summed E-state index contributed by atoms with van der Waals surface area (Å²) >= 11 is 0. The molecule has 2 atom stereocenters. The van der Waals surface area contributed by atoms with Crippen molar-refractivity contribution >= 4 is 5.97 Å². The van der Waals surface area contributed by atoms with Crippen LogP contribution in [-0.4, -0.2) is 23.7 Å². The van der Waals surface area contributed by atoms with E-state index in [1.165, 1.54) is 0 Å². The zero-order valence-corrected chi connectivity index (χ0v) is 9.55. The Hall–Kier alpha value is -0.570. The summed E-state index contributed by atoms with van der Waals surface area (Å²) in [5, 5.41) is 12.0. The maximum Gasteiger partial charge on any atom is 0.320 e. The van der Waals surface area contributed by atoms with Crippen molar-refractivity contribution in [3.05, 3.63) is 0 Å². The van der Waals surface area contributed by atoms with Gasteiger partial charge in [0.2, 0.25) is 0 Å². The minimum atomic E-state index is -0.726. The topological polar surface area (TPSA) is 49.3 Å².